The van der Waals surface area contributed by atoms with Gasteiger partial charge >= 0.3 is 0 Å². The highest BCUT2D eigenvalue weighted by Gasteiger charge is 2.29. The van der Waals surface area contributed by atoms with Crippen LogP contribution in [0.15, 0.2) is 82.1 Å². The fourth-order valence-electron chi connectivity index (χ4n) is 3.05. The van der Waals surface area contributed by atoms with E-state index in [2.05, 4.69) is 4.40 Å². The fourth-order valence-corrected chi connectivity index (χ4v) is 4.07. The molecule has 1 aliphatic rings. The van der Waals surface area contributed by atoms with E-state index in [1.807, 2.05) is 6.92 Å². The molecule has 5 heteroatoms. The number of ketones is 1. The Morgan fingerprint density at radius 3 is 1.65 bits per heavy atom. The minimum absolute atomic E-state index is 0.122. The summed E-state index contributed by atoms with van der Waals surface area (Å²) < 4.78 is 29.8. The van der Waals surface area contributed by atoms with Gasteiger partial charge < -0.3 is 0 Å². The number of nitrogens with zero attached hydrogens (tertiary/aromatic N) is 1. The third-order valence-electron chi connectivity index (χ3n) is 4.38. The maximum Gasteiger partial charge on any atom is 0.282 e. The molecule has 0 saturated carbocycles. The third kappa shape index (κ3) is 2.66. The lowest BCUT2D eigenvalue weighted by Gasteiger charge is -2.20. The van der Waals surface area contributed by atoms with E-state index in [0.717, 1.165) is 5.56 Å². The van der Waals surface area contributed by atoms with Gasteiger partial charge in [0.15, 0.2) is 5.78 Å². The highest BCUT2D eigenvalue weighted by molar-refractivity contribution is 7.90. The van der Waals surface area contributed by atoms with Gasteiger partial charge in [-0.25, -0.2) is 0 Å². The van der Waals surface area contributed by atoms with Crippen LogP contribution in [0.1, 0.15) is 32.6 Å². The number of hydrogen-bond donors (Lipinski definition) is 0. The number of carbonyl (C=O) groups is 1. The summed E-state index contributed by atoms with van der Waals surface area (Å²) in [5.74, 6) is -0.122. The second-order valence-corrected chi connectivity index (χ2v) is 7.75. The van der Waals surface area contributed by atoms with Gasteiger partial charge in [0.2, 0.25) is 0 Å². The number of carbonyl (C=O) groups excluding carboxylic acids is 1. The number of aryl methyl sites for hydroxylation is 1. The topological polar surface area (TPSA) is 63.6 Å². The zero-order chi connectivity index (χ0) is 18.3. The summed E-state index contributed by atoms with van der Waals surface area (Å²) in [4.78, 5) is 12.8. The summed E-state index contributed by atoms with van der Waals surface area (Å²) in [5, 5.41) is 0. The Hall–Kier alpha value is -3.05. The Labute approximate surface area is 151 Å². The van der Waals surface area contributed by atoms with Crippen LogP contribution in [0.2, 0.25) is 0 Å². The van der Waals surface area contributed by atoms with E-state index in [-0.39, 0.29) is 10.7 Å². The first kappa shape index (κ1) is 16.4. The Kier molecular flexibility index (Phi) is 3.81. The van der Waals surface area contributed by atoms with Gasteiger partial charge in [0.05, 0.1) is 10.6 Å². The largest absolute Gasteiger partial charge is 0.289 e. The lowest BCUT2D eigenvalue weighted by atomic mass is 9.84. The van der Waals surface area contributed by atoms with E-state index >= 15 is 0 Å². The van der Waals surface area contributed by atoms with Crippen LogP contribution in [0.3, 0.4) is 0 Å². The van der Waals surface area contributed by atoms with Gasteiger partial charge in [-0.1, -0.05) is 66.2 Å². The SMILES string of the molecule is Cc1ccc(S(=O)(=O)N=C2c3ccccc3C(=O)c3ccccc32)cc1. The molecule has 0 aromatic heterocycles. The minimum atomic E-state index is -3.90. The van der Waals surface area contributed by atoms with Crippen LogP contribution in [-0.2, 0) is 10.0 Å². The van der Waals surface area contributed by atoms with Crippen molar-refractivity contribution in [2.24, 2.45) is 4.40 Å². The van der Waals surface area contributed by atoms with Crippen molar-refractivity contribution in [1.82, 2.24) is 0 Å². The van der Waals surface area contributed by atoms with Crippen LogP contribution in [0.25, 0.3) is 0 Å². The molecule has 0 spiro atoms. The summed E-state index contributed by atoms with van der Waals surface area (Å²) in [6.45, 7) is 1.89. The lowest BCUT2D eigenvalue weighted by molar-refractivity contribution is 0.103. The van der Waals surface area contributed by atoms with E-state index < -0.39 is 10.0 Å². The van der Waals surface area contributed by atoms with Crippen LogP contribution in [0, 0.1) is 6.92 Å². The number of hydrogen-bond acceptors (Lipinski definition) is 3. The number of rotatable bonds is 2. The Balaban J connectivity index is 1.97. The van der Waals surface area contributed by atoms with Gasteiger partial charge in [-0.05, 0) is 19.1 Å². The molecular weight excluding hydrogens is 346 g/mol. The number of sulfonamides is 1. The molecule has 26 heavy (non-hydrogen) atoms. The molecule has 0 atom stereocenters. The maximum atomic E-state index is 12.8. The van der Waals surface area contributed by atoms with Crippen LogP contribution < -0.4 is 0 Å². The molecule has 0 radical (unpaired) electrons. The summed E-state index contributed by atoms with van der Waals surface area (Å²) in [6.07, 6.45) is 0. The normalized spacial score (nSPS) is 13.1. The summed E-state index contributed by atoms with van der Waals surface area (Å²) in [6, 6.07) is 20.5. The van der Waals surface area contributed by atoms with Crippen molar-refractivity contribution in [3.05, 3.63) is 101 Å². The molecule has 3 aromatic rings. The van der Waals surface area contributed by atoms with Crippen molar-refractivity contribution < 1.29 is 13.2 Å². The van der Waals surface area contributed by atoms with Gasteiger partial charge in [-0.3, -0.25) is 4.79 Å². The molecule has 1 aliphatic carbocycles. The average molecular weight is 361 g/mol. The van der Waals surface area contributed by atoms with Gasteiger partial charge in [0.25, 0.3) is 10.0 Å². The number of benzene rings is 3. The summed E-state index contributed by atoms with van der Waals surface area (Å²) in [5.41, 5.74) is 3.26. The molecule has 0 fully saturated rings. The molecule has 4 nitrogen and oxygen atoms in total. The molecule has 0 unspecified atom stereocenters. The van der Waals surface area contributed by atoms with Crippen LogP contribution in [0.5, 0.6) is 0 Å². The second-order valence-electron chi connectivity index (χ2n) is 6.15. The highest BCUT2D eigenvalue weighted by Crippen LogP contribution is 2.29. The second kappa shape index (κ2) is 6.04. The first-order chi connectivity index (χ1) is 12.5. The Morgan fingerprint density at radius 2 is 1.15 bits per heavy atom. The van der Waals surface area contributed by atoms with E-state index in [1.54, 1.807) is 72.8 Å². The standard InChI is InChI=1S/C21H15NO3S/c1-14-10-12-15(13-11-14)26(24,25)22-20-16-6-2-4-8-18(16)21(23)19-9-5-3-7-17(19)20/h2-13H,1H3. The Bertz CT molecular complexity index is 1110. The predicted octanol–water partition coefficient (Wildman–Crippen LogP) is 3.77. The van der Waals surface area contributed by atoms with E-state index in [4.69, 9.17) is 0 Å². The zero-order valence-electron chi connectivity index (χ0n) is 14.0. The summed E-state index contributed by atoms with van der Waals surface area (Å²) in [7, 11) is -3.90. The Morgan fingerprint density at radius 1 is 0.692 bits per heavy atom. The van der Waals surface area contributed by atoms with Gasteiger partial charge in [0.1, 0.15) is 0 Å². The molecule has 0 amide bonds. The smallest absolute Gasteiger partial charge is 0.282 e. The first-order valence-corrected chi connectivity index (χ1v) is 9.56. The quantitative estimate of drug-likeness (QED) is 0.546. The van der Waals surface area contributed by atoms with Gasteiger partial charge in [0, 0.05) is 22.3 Å². The van der Waals surface area contributed by atoms with Crippen molar-refractivity contribution in [2.45, 2.75) is 11.8 Å². The summed E-state index contributed by atoms with van der Waals surface area (Å²) >= 11 is 0. The van der Waals surface area contributed by atoms with Crippen molar-refractivity contribution in [2.75, 3.05) is 0 Å². The molecule has 128 valence electrons. The molecule has 0 aliphatic heterocycles. The monoisotopic (exact) mass is 361 g/mol. The molecule has 0 saturated heterocycles. The molecule has 0 N–H and O–H groups in total. The van der Waals surface area contributed by atoms with Crippen molar-refractivity contribution in [1.29, 1.82) is 0 Å². The fraction of sp³-hybridized carbons (Fsp3) is 0.0476. The van der Waals surface area contributed by atoms with Crippen LogP contribution in [0.4, 0.5) is 0 Å². The number of fused-ring (bicyclic) bond motifs is 2. The van der Waals surface area contributed by atoms with Crippen molar-refractivity contribution >= 4 is 21.5 Å². The minimum Gasteiger partial charge on any atom is -0.289 e. The highest BCUT2D eigenvalue weighted by atomic mass is 32.2. The average Bonchev–Trinajstić information content (AvgIpc) is 2.65. The zero-order valence-corrected chi connectivity index (χ0v) is 14.8. The van der Waals surface area contributed by atoms with Gasteiger partial charge in [-0.2, -0.15) is 12.8 Å². The van der Waals surface area contributed by atoms with Crippen LogP contribution >= 0.6 is 0 Å². The molecule has 0 bridgehead atoms. The van der Waals surface area contributed by atoms with E-state index in [0.29, 0.717) is 28.0 Å². The first-order valence-electron chi connectivity index (χ1n) is 8.12. The predicted molar refractivity (Wildman–Crippen MR) is 100 cm³/mol. The maximum absolute atomic E-state index is 12.8. The molecule has 0 heterocycles. The molecule has 3 aromatic carbocycles. The van der Waals surface area contributed by atoms with Crippen molar-refractivity contribution in [3.63, 3.8) is 0 Å². The van der Waals surface area contributed by atoms with E-state index in [9.17, 15) is 13.2 Å². The molecule has 4 rings (SSSR count). The van der Waals surface area contributed by atoms with Crippen LogP contribution in [-0.4, -0.2) is 19.9 Å². The van der Waals surface area contributed by atoms with E-state index in [1.165, 1.54) is 0 Å². The third-order valence-corrected chi connectivity index (χ3v) is 5.67. The molecular formula is C21H15NO3S. The van der Waals surface area contributed by atoms with Crippen molar-refractivity contribution in [3.8, 4) is 0 Å². The lowest BCUT2D eigenvalue weighted by Crippen LogP contribution is -2.22. The van der Waals surface area contributed by atoms with Gasteiger partial charge in [-0.15, -0.1) is 0 Å².